The highest BCUT2D eigenvalue weighted by molar-refractivity contribution is 7.98. The van der Waals surface area contributed by atoms with E-state index in [1.54, 1.807) is 30.0 Å². The van der Waals surface area contributed by atoms with Crippen molar-refractivity contribution in [2.24, 2.45) is 0 Å². The maximum Gasteiger partial charge on any atom is 0.177 e. The fourth-order valence-electron chi connectivity index (χ4n) is 2.62. The zero-order valence-electron chi connectivity index (χ0n) is 14.0. The van der Waals surface area contributed by atoms with Gasteiger partial charge in [0.1, 0.15) is 0 Å². The van der Waals surface area contributed by atoms with Gasteiger partial charge in [-0.25, -0.2) is 8.42 Å². The molecule has 0 spiro atoms. The van der Waals surface area contributed by atoms with Gasteiger partial charge in [-0.1, -0.05) is 35.3 Å². The Kier molecular flexibility index (Phi) is 5.58. The van der Waals surface area contributed by atoms with Crippen molar-refractivity contribution in [2.45, 2.75) is 9.79 Å². The Bertz CT molecular complexity index is 1180. The first kappa shape index (κ1) is 19.2. The molecule has 2 N–H and O–H groups in total. The fourth-order valence-corrected chi connectivity index (χ4v) is 4.39. The van der Waals surface area contributed by atoms with Crippen LogP contribution in [0.1, 0.15) is 0 Å². The fraction of sp³-hybridized carbons (Fsp3) is 0.111. The van der Waals surface area contributed by atoms with Gasteiger partial charge in [-0.05, 0) is 30.5 Å². The Labute approximate surface area is 165 Å². The molecule has 136 valence electrons. The van der Waals surface area contributed by atoms with Gasteiger partial charge in [0.2, 0.25) is 0 Å². The number of halogens is 2. The van der Waals surface area contributed by atoms with E-state index < -0.39 is 9.84 Å². The molecule has 0 saturated carbocycles. The van der Waals surface area contributed by atoms with Crippen LogP contribution >= 0.6 is 35.0 Å². The Morgan fingerprint density at radius 2 is 1.42 bits per heavy atom. The second-order valence-electron chi connectivity index (χ2n) is 5.66. The monoisotopic (exact) mass is 426 g/mol. The minimum Gasteiger partial charge on any atom is -0.360 e. The van der Waals surface area contributed by atoms with Crippen molar-refractivity contribution in [3.05, 3.63) is 58.8 Å². The van der Waals surface area contributed by atoms with Gasteiger partial charge in [-0.2, -0.15) is 0 Å². The molecule has 0 radical (unpaired) electrons. The van der Waals surface area contributed by atoms with Gasteiger partial charge in [-0.3, -0.25) is 0 Å². The lowest BCUT2D eigenvalue weighted by Crippen LogP contribution is -1.94. The highest BCUT2D eigenvalue weighted by Crippen LogP contribution is 2.27. The lowest BCUT2D eigenvalue weighted by atomic mass is 10.2. The number of aromatic amines is 2. The summed E-state index contributed by atoms with van der Waals surface area (Å²) < 4.78 is 22.7. The summed E-state index contributed by atoms with van der Waals surface area (Å²) in [6.45, 7) is 0. The van der Waals surface area contributed by atoms with Crippen LogP contribution in [0.15, 0.2) is 58.6 Å². The number of rotatable bonds is 2. The summed E-state index contributed by atoms with van der Waals surface area (Å²) >= 11 is 13.4. The summed E-state index contributed by atoms with van der Waals surface area (Å²) in [6, 6.07) is 11.0. The average molecular weight is 427 g/mol. The van der Waals surface area contributed by atoms with Gasteiger partial charge < -0.3 is 9.97 Å². The molecule has 0 aliphatic heterocycles. The SMILES string of the molecule is CS(=O)(=O)c1c[nH]c2cc(Cl)ccc12.CSc1c[nH]c2cc(Cl)ccc12. The normalized spacial score (nSPS) is 11.5. The van der Waals surface area contributed by atoms with E-state index >= 15 is 0 Å². The van der Waals surface area contributed by atoms with E-state index in [2.05, 4.69) is 16.2 Å². The predicted octanol–water partition coefficient (Wildman–Crippen LogP) is 5.77. The van der Waals surface area contributed by atoms with Gasteiger partial charge in [0.25, 0.3) is 0 Å². The van der Waals surface area contributed by atoms with Crippen molar-refractivity contribution >= 4 is 66.6 Å². The second-order valence-corrected chi connectivity index (χ2v) is 9.37. The largest absolute Gasteiger partial charge is 0.360 e. The van der Waals surface area contributed by atoms with Crippen LogP contribution in [0.4, 0.5) is 0 Å². The molecule has 0 fully saturated rings. The molecule has 0 bridgehead atoms. The summed E-state index contributed by atoms with van der Waals surface area (Å²) in [5.74, 6) is 0. The van der Waals surface area contributed by atoms with Crippen molar-refractivity contribution < 1.29 is 8.42 Å². The molecule has 8 heteroatoms. The number of thioether (sulfide) groups is 1. The Balaban J connectivity index is 0.000000152. The maximum absolute atomic E-state index is 11.3. The second kappa shape index (κ2) is 7.56. The topological polar surface area (TPSA) is 65.7 Å². The first-order chi connectivity index (χ1) is 12.3. The Hall–Kier alpha value is -1.60. The summed E-state index contributed by atoms with van der Waals surface area (Å²) in [4.78, 5) is 7.62. The lowest BCUT2D eigenvalue weighted by molar-refractivity contribution is 0.602. The third kappa shape index (κ3) is 4.04. The van der Waals surface area contributed by atoms with Gasteiger partial charge in [0.05, 0.1) is 4.90 Å². The van der Waals surface area contributed by atoms with E-state index in [4.69, 9.17) is 23.2 Å². The smallest absolute Gasteiger partial charge is 0.177 e. The minimum absolute atomic E-state index is 0.309. The van der Waals surface area contributed by atoms with Gasteiger partial charge in [0, 0.05) is 55.4 Å². The van der Waals surface area contributed by atoms with E-state index in [0.717, 1.165) is 16.1 Å². The van der Waals surface area contributed by atoms with Gasteiger partial charge in [0.15, 0.2) is 9.84 Å². The number of sulfone groups is 1. The molecule has 4 rings (SSSR count). The highest BCUT2D eigenvalue weighted by Gasteiger charge is 2.13. The van der Waals surface area contributed by atoms with Crippen LogP contribution in [0.25, 0.3) is 21.8 Å². The molecule has 2 heterocycles. The van der Waals surface area contributed by atoms with E-state index in [-0.39, 0.29) is 0 Å². The zero-order chi connectivity index (χ0) is 18.9. The number of aromatic nitrogens is 2. The Morgan fingerprint density at radius 1 is 0.885 bits per heavy atom. The minimum atomic E-state index is -3.17. The number of H-pyrrole nitrogens is 2. The first-order valence-electron chi connectivity index (χ1n) is 7.57. The molecule has 0 atom stereocenters. The Morgan fingerprint density at radius 3 is 2.00 bits per heavy atom. The summed E-state index contributed by atoms with van der Waals surface area (Å²) in [5.41, 5.74) is 1.84. The number of nitrogens with one attached hydrogen (secondary N) is 2. The van der Waals surface area contributed by atoms with E-state index in [1.807, 2.05) is 24.4 Å². The maximum atomic E-state index is 11.3. The van der Waals surface area contributed by atoms with Crippen molar-refractivity contribution in [1.29, 1.82) is 0 Å². The molecular formula is C18H16Cl2N2O2S2. The van der Waals surface area contributed by atoms with Crippen molar-refractivity contribution in [3.63, 3.8) is 0 Å². The quantitative estimate of drug-likeness (QED) is 0.399. The van der Waals surface area contributed by atoms with E-state index in [9.17, 15) is 8.42 Å². The van der Waals surface area contributed by atoms with Gasteiger partial charge >= 0.3 is 0 Å². The molecule has 0 saturated heterocycles. The highest BCUT2D eigenvalue weighted by atomic mass is 35.5. The predicted molar refractivity (Wildman–Crippen MR) is 112 cm³/mol. The van der Waals surface area contributed by atoms with Crippen LogP contribution in [0.5, 0.6) is 0 Å². The van der Waals surface area contributed by atoms with Crippen molar-refractivity contribution in [1.82, 2.24) is 9.97 Å². The number of benzene rings is 2. The molecule has 26 heavy (non-hydrogen) atoms. The summed E-state index contributed by atoms with van der Waals surface area (Å²) in [5, 5.41) is 3.28. The molecular weight excluding hydrogens is 411 g/mol. The molecule has 0 aliphatic carbocycles. The zero-order valence-corrected chi connectivity index (χ0v) is 17.2. The molecule has 0 amide bonds. The van der Waals surface area contributed by atoms with Crippen LogP contribution < -0.4 is 0 Å². The third-order valence-electron chi connectivity index (χ3n) is 3.83. The molecule has 2 aromatic heterocycles. The standard InChI is InChI=1S/C9H8ClNO2S.C9H8ClNS/c1-14(12,13)9-5-11-8-4-6(10)2-3-7(8)9;1-12-9-5-11-8-4-6(10)2-3-7(8)9/h2-5,11H,1H3;2-5,11H,1H3. The van der Waals surface area contributed by atoms with Crippen LogP contribution in [-0.2, 0) is 9.84 Å². The van der Waals surface area contributed by atoms with E-state index in [0.29, 0.717) is 15.3 Å². The van der Waals surface area contributed by atoms with Crippen LogP contribution in [-0.4, -0.2) is 30.9 Å². The van der Waals surface area contributed by atoms with Crippen molar-refractivity contribution in [2.75, 3.05) is 12.5 Å². The summed E-state index contributed by atoms with van der Waals surface area (Å²) in [6.07, 6.45) is 6.74. The number of fused-ring (bicyclic) bond motifs is 2. The lowest BCUT2D eigenvalue weighted by Gasteiger charge is -1.95. The molecule has 4 aromatic rings. The van der Waals surface area contributed by atoms with E-state index in [1.165, 1.54) is 22.7 Å². The summed E-state index contributed by atoms with van der Waals surface area (Å²) in [7, 11) is -3.17. The molecule has 2 aromatic carbocycles. The van der Waals surface area contributed by atoms with Gasteiger partial charge in [-0.15, -0.1) is 11.8 Å². The molecule has 0 unspecified atom stereocenters. The molecule has 4 nitrogen and oxygen atoms in total. The first-order valence-corrected chi connectivity index (χ1v) is 11.4. The number of hydrogen-bond donors (Lipinski definition) is 2. The third-order valence-corrected chi connectivity index (χ3v) is 6.22. The molecule has 0 aliphatic rings. The van der Waals surface area contributed by atoms with Crippen LogP contribution in [0.3, 0.4) is 0 Å². The number of hydrogen-bond acceptors (Lipinski definition) is 3. The van der Waals surface area contributed by atoms with Crippen molar-refractivity contribution in [3.8, 4) is 0 Å². The van der Waals surface area contributed by atoms with Crippen LogP contribution in [0, 0.1) is 0 Å². The van der Waals surface area contributed by atoms with Crippen LogP contribution in [0.2, 0.25) is 10.0 Å². The average Bonchev–Trinajstić information content (AvgIpc) is 3.17.